The van der Waals surface area contributed by atoms with Gasteiger partial charge in [-0.15, -0.1) is 11.3 Å². The second-order valence-corrected chi connectivity index (χ2v) is 7.24. The van der Waals surface area contributed by atoms with Crippen molar-refractivity contribution >= 4 is 33.3 Å². The summed E-state index contributed by atoms with van der Waals surface area (Å²) in [6.07, 6.45) is 1.15. The summed E-state index contributed by atoms with van der Waals surface area (Å²) < 4.78 is 0. The smallest absolute Gasteiger partial charge is 0.225 e. The lowest BCUT2D eigenvalue weighted by molar-refractivity contribution is 0.206. The maximum Gasteiger partial charge on any atom is 0.225 e. The van der Waals surface area contributed by atoms with E-state index in [1.54, 1.807) is 11.3 Å². The first kappa shape index (κ1) is 14.5. The number of rotatable bonds is 3. The van der Waals surface area contributed by atoms with E-state index in [4.69, 9.17) is 0 Å². The predicted octanol–water partition coefficient (Wildman–Crippen LogP) is 2.79. The Hall–Kier alpha value is -1.40. The second kappa shape index (κ2) is 5.77. The van der Waals surface area contributed by atoms with Gasteiger partial charge in [0, 0.05) is 24.5 Å². The quantitative estimate of drug-likeness (QED) is 0.913. The lowest BCUT2D eigenvalue weighted by Gasteiger charge is -2.35. The van der Waals surface area contributed by atoms with Crippen LogP contribution in [0.3, 0.4) is 0 Å². The first-order chi connectivity index (χ1) is 10.1. The molecule has 1 fully saturated rings. The third kappa shape index (κ3) is 2.96. The van der Waals surface area contributed by atoms with E-state index in [9.17, 15) is 0 Å². The highest BCUT2D eigenvalue weighted by atomic mass is 32.1. The Balaban J connectivity index is 1.92. The number of nitrogens with one attached hydrogen (secondary N) is 2. The highest BCUT2D eigenvalue weighted by Gasteiger charge is 2.25. The van der Waals surface area contributed by atoms with Crippen LogP contribution < -0.4 is 10.6 Å². The molecule has 2 N–H and O–H groups in total. The minimum absolute atomic E-state index is 0.476. The number of hydrogen-bond donors (Lipinski definition) is 2. The summed E-state index contributed by atoms with van der Waals surface area (Å²) in [5.74, 6) is 2.27. The van der Waals surface area contributed by atoms with Crippen LogP contribution in [0.15, 0.2) is 6.07 Å². The highest BCUT2D eigenvalue weighted by Crippen LogP contribution is 2.31. The third-order valence-corrected chi connectivity index (χ3v) is 5.11. The van der Waals surface area contributed by atoms with E-state index in [1.807, 2.05) is 7.05 Å². The zero-order chi connectivity index (χ0) is 15.0. The van der Waals surface area contributed by atoms with E-state index in [0.29, 0.717) is 17.9 Å². The summed E-state index contributed by atoms with van der Waals surface area (Å²) in [7, 11) is 4.06. The Bertz CT molecular complexity index is 638. The van der Waals surface area contributed by atoms with Crippen molar-refractivity contribution in [1.29, 1.82) is 0 Å². The number of thiophene rings is 1. The van der Waals surface area contributed by atoms with Gasteiger partial charge in [0.2, 0.25) is 5.95 Å². The number of nitrogens with zero attached hydrogens (tertiary/aromatic N) is 3. The maximum absolute atomic E-state index is 4.64. The fourth-order valence-corrected chi connectivity index (χ4v) is 3.89. The zero-order valence-electron chi connectivity index (χ0n) is 13.1. The van der Waals surface area contributed by atoms with Crippen LogP contribution in [0, 0.1) is 12.8 Å². The predicted molar refractivity (Wildman–Crippen MR) is 90.4 cm³/mol. The summed E-state index contributed by atoms with van der Waals surface area (Å²) in [5.41, 5.74) is 0. The Kier molecular flexibility index (Phi) is 3.99. The number of hydrogen-bond acceptors (Lipinski definition) is 6. The van der Waals surface area contributed by atoms with Crippen molar-refractivity contribution in [2.24, 2.45) is 5.92 Å². The van der Waals surface area contributed by atoms with E-state index >= 15 is 0 Å². The van der Waals surface area contributed by atoms with Gasteiger partial charge in [0.05, 0.1) is 5.39 Å². The van der Waals surface area contributed by atoms with Gasteiger partial charge in [0.1, 0.15) is 10.6 Å². The molecule has 1 aliphatic heterocycles. The number of aromatic nitrogens is 2. The molecular weight excluding hydrogens is 282 g/mol. The molecule has 2 aromatic heterocycles. The fourth-order valence-electron chi connectivity index (χ4n) is 3.01. The molecule has 2 unspecified atom stereocenters. The summed E-state index contributed by atoms with van der Waals surface area (Å²) in [4.78, 5) is 13.9. The van der Waals surface area contributed by atoms with Gasteiger partial charge in [-0.2, -0.15) is 4.98 Å². The molecule has 5 nitrogen and oxygen atoms in total. The number of likely N-dealkylation sites (tertiary alicyclic amines) is 1. The molecule has 0 amide bonds. The molecule has 0 aliphatic carbocycles. The number of piperidine rings is 1. The molecule has 2 atom stereocenters. The molecule has 6 heteroatoms. The van der Waals surface area contributed by atoms with Crippen LogP contribution in [0.1, 0.15) is 18.2 Å². The zero-order valence-corrected chi connectivity index (χ0v) is 13.9. The third-order valence-electron chi connectivity index (χ3n) is 4.17. The molecule has 2 aromatic rings. The van der Waals surface area contributed by atoms with E-state index in [1.165, 1.54) is 4.88 Å². The molecule has 0 saturated carbocycles. The molecule has 1 saturated heterocycles. The van der Waals surface area contributed by atoms with Crippen LogP contribution in [0.5, 0.6) is 0 Å². The molecule has 1 aliphatic rings. The molecule has 0 spiro atoms. The summed E-state index contributed by atoms with van der Waals surface area (Å²) in [6, 6.07) is 2.66. The Morgan fingerprint density at radius 2 is 2.19 bits per heavy atom. The van der Waals surface area contributed by atoms with Gasteiger partial charge in [0.15, 0.2) is 0 Å². The monoisotopic (exact) mass is 305 g/mol. The lowest BCUT2D eigenvalue weighted by atomic mass is 9.94. The summed E-state index contributed by atoms with van der Waals surface area (Å²) >= 11 is 1.72. The van der Waals surface area contributed by atoms with Gasteiger partial charge in [0.25, 0.3) is 0 Å². The van der Waals surface area contributed by atoms with Crippen molar-refractivity contribution in [3.63, 3.8) is 0 Å². The molecular formula is C15H23N5S. The molecule has 3 heterocycles. The first-order valence-corrected chi connectivity index (χ1v) is 8.29. The molecule has 0 bridgehead atoms. The number of fused-ring (bicyclic) bond motifs is 1. The Labute approximate surface area is 129 Å². The van der Waals surface area contributed by atoms with Gasteiger partial charge < -0.3 is 15.5 Å². The minimum atomic E-state index is 0.476. The average Bonchev–Trinajstić information content (AvgIpc) is 2.82. The van der Waals surface area contributed by atoms with E-state index in [0.717, 1.165) is 35.5 Å². The lowest BCUT2D eigenvalue weighted by Crippen LogP contribution is -2.43. The first-order valence-electron chi connectivity index (χ1n) is 7.48. The van der Waals surface area contributed by atoms with Crippen LogP contribution in [-0.2, 0) is 0 Å². The van der Waals surface area contributed by atoms with Gasteiger partial charge in [-0.3, -0.25) is 0 Å². The molecule has 0 radical (unpaired) electrons. The van der Waals surface area contributed by atoms with Crippen molar-refractivity contribution in [2.45, 2.75) is 26.3 Å². The largest absolute Gasteiger partial charge is 0.366 e. The summed E-state index contributed by atoms with van der Waals surface area (Å²) in [5, 5.41) is 7.87. The highest BCUT2D eigenvalue weighted by molar-refractivity contribution is 7.18. The fraction of sp³-hybridized carbons (Fsp3) is 0.600. The Morgan fingerprint density at radius 3 is 2.90 bits per heavy atom. The Morgan fingerprint density at radius 1 is 1.38 bits per heavy atom. The average molecular weight is 305 g/mol. The van der Waals surface area contributed by atoms with E-state index < -0.39 is 0 Å². The van der Waals surface area contributed by atoms with Crippen LogP contribution in [-0.4, -0.2) is 48.1 Å². The number of aryl methyl sites for hydroxylation is 1. The van der Waals surface area contributed by atoms with Gasteiger partial charge >= 0.3 is 0 Å². The molecule has 21 heavy (non-hydrogen) atoms. The van der Waals surface area contributed by atoms with Crippen molar-refractivity contribution in [3.05, 3.63) is 10.9 Å². The van der Waals surface area contributed by atoms with Gasteiger partial charge in [-0.1, -0.05) is 6.92 Å². The van der Waals surface area contributed by atoms with Crippen LogP contribution in [0.25, 0.3) is 10.2 Å². The van der Waals surface area contributed by atoms with Gasteiger partial charge in [-0.05, 0) is 38.9 Å². The van der Waals surface area contributed by atoms with Gasteiger partial charge in [-0.25, -0.2) is 4.98 Å². The standard InChI is InChI=1S/C15H23N5S/c1-9-8-20(4)6-5-12(9)17-13-11-7-10(2)21-14(11)19-15(16-3)18-13/h7,9,12H,5-6,8H2,1-4H3,(H2,16,17,18,19). The van der Waals surface area contributed by atoms with Crippen molar-refractivity contribution in [3.8, 4) is 0 Å². The van der Waals surface area contributed by atoms with Crippen LogP contribution in [0.2, 0.25) is 0 Å². The minimum Gasteiger partial charge on any atom is -0.366 e. The van der Waals surface area contributed by atoms with Crippen molar-refractivity contribution < 1.29 is 0 Å². The van der Waals surface area contributed by atoms with Crippen LogP contribution >= 0.6 is 11.3 Å². The van der Waals surface area contributed by atoms with Crippen molar-refractivity contribution in [1.82, 2.24) is 14.9 Å². The molecule has 3 rings (SSSR count). The molecule has 0 aromatic carbocycles. The van der Waals surface area contributed by atoms with Crippen molar-refractivity contribution in [2.75, 3.05) is 37.8 Å². The normalized spacial score (nSPS) is 23.4. The number of anilines is 2. The maximum atomic E-state index is 4.64. The van der Waals surface area contributed by atoms with E-state index in [2.05, 4.69) is 52.5 Å². The summed E-state index contributed by atoms with van der Waals surface area (Å²) in [6.45, 7) is 6.70. The second-order valence-electron chi connectivity index (χ2n) is 6.00. The SMILES string of the molecule is CNc1nc(NC2CCN(C)CC2C)c2cc(C)sc2n1. The molecule has 114 valence electrons. The topological polar surface area (TPSA) is 53.1 Å². The van der Waals surface area contributed by atoms with E-state index in [-0.39, 0.29) is 0 Å². The van der Waals surface area contributed by atoms with Crippen LogP contribution in [0.4, 0.5) is 11.8 Å².